The van der Waals surface area contributed by atoms with Gasteiger partial charge in [-0.1, -0.05) is 28.8 Å². The van der Waals surface area contributed by atoms with Gasteiger partial charge in [-0.05, 0) is 25.7 Å². The Hall–Kier alpha value is 0.730. The highest BCUT2D eigenvalue weighted by molar-refractivity contribution is 9.09. The van der Waals surface area contributed by atoms with E-state index in [1.165, 1.54) is 25.7 Å². The molecule has 13 heavy (non-hydrogen) atoms. The zero-order valence-electron chi connectivity index (χ0n) is 8.19. The molecule has 1 rings (SSSR count). The minimum atomic E-state index is -0.175. The van der Waals surface area contributed by atoms with Gasteiger partial charge < -0.3 is 4.74 Å². The second kappa shape index (κ2) is 5.57. The topological polar surface area (TPSA) is 9.23 Å². The van der Waals surface area contributed by atoms with Crippen LogP contribution in [0.4, 0.5) is 0 Å². The van der Waals surface area contributed by atoms with Crippen LogP contribution in [0.25, 0.3) is 0 Å². The average molecular weight is 270 g/mol. The van der Waals surface area contributed by atoms with Gasteiger partial charge in [0.25, 0.3) is 0 Å². The Balaban J connectivity index is 2.01. The maximum Gasteiger partial charge on any atom is 0.0885 e. The highest BCUT2D eigenvalue weighted by Gasteiger charge is 2.23. The smallest absolute Gasteiger partial charge is 0.0885 e. The number of hydrogen-bond donors (Lipinski definition) is 0. The zero-order valence-corrected chi connectivity index (χ0v) is 10.5. The molecular formula is C10H18BrClO. The van der Waals surface area contributed by atoms with Crippen LogP contribution in [0.2, 0.25) is 0 Å². The number of alkyl halides is 2. The standard InChI is InChI=1S/C10H18BrClO/c1-10(7-11,8-12)13-6-2-3-9-4-5-9/h9H,2-8H2,1H3. The van der Waals surface area contributed by atoms with Crippen molar-refractivity contribution < 1.29 is 4.74 Å². The lowest BCUT2D eigenvalue weighted by molar-refractivity contribution is 0.00226. The molecule has 78 valence electrons. The number of hydrogen-bond acceptors (Lipinski definition) is 1. The molecule has 0 N–H and O–H groups in total. The van der Waals surface area contributed by atoms with Crippen molar-refractivity contribution in [3.05, 3.63) is 0 Å². The largest absolute Gasteiger partial charge is 0.373 e. The summed E-state index contributed by atoms with van der Waals surface area (Å²) in [5.74, 6) is 1.57. The molecule has 1 fully saturated rings. The molecule has 0 aliphatic heterocycles. The van der Waals surface area contributed by atoms with Crippen molar-refractivity contribution in [3.63, 3.8) is 0 Å². The first-order valence-electron chi connectivity index (χ1n) is 4.96. The van der Waals surface area contributed by atoms with E-state index in [0.717, 1.165) is 17.9 Å². The van der Waals surface area contributed by atoms with Gasteiger partial charge in [-0.15, -0.1) is 11.6 Å². The third kappa shape index (κ3) is 4.66. The summed E-state index contributed by atoms with van der Waals surface area (Å²) in [6.07, 6.45) is 5.39. The summed E-state index contributed by atoms with van der Waals surface area (Å²) in [7, 11) is 0. The van der Waals surface area contributed by atoms with Gasteiger partial charge in [0.15, 0.2) is 0 Å². The molecule has 1 saturated carbocycles. The second-order valence-corrected chi connectivity index (χ2v) is 4.98. The first kappa shape index (κ1) is 11.8. The quantitative estimate of drug-likeness (QED) is 0.507. The number of halogens is 2. The van der Waals surface area contributed by atoms with Crippen LogP contribution in [0.5, 0.6) is 0 Å². The Labute approximate surface area is 94.3 Å². The van der Waals surface area contributed by atoms with E-state index >= 15 is 0 Å². The van der Waals surface area contributed by atoms with Crippen molar-refractivity contribution >= 4 is 27.5 Å². The summed E-state index contributed by atoms with van der Waals surface area (Å²) in [4.78, 5) is 0. The maximum absolute atomic E-state index is 5.81. The molecule has 0 spiro atoms. The van der Waals surface area contributed by atoms with Gasteiger partial charge in [0.2, 0.25) is 0 Å². The SMILES string of the molecule is CC(CCl)(CBr)OCCCC1CC1. The maximum atomic E-state index is 5.81. The lowest BCUT2D eigenvalue weighted by atomic mass is 10.2. The van der Waals surface area contributed by atoms with Crippen LogP contribution in [0, 0.1) is 5.92 Å². The zero-order chi connectivity index (χ0) is 9.73. The van der Waals surface area contributed by atoms with Gasteiger partial charge in [0.05, 0.1) is 11.5 Å². The van der Waals surface area contributed by atoms with E-state index in [9.17, 15) is 0 Å². The molecule has 1 nitrogen and oxygen atoms in total. The summed E-state index contributed by atoms with van der Waals surface area (Å²) >= 11 is 9.22. The number of ether oxygens (including phenoxy) is 1. The molecule has 0 aromatic carbocycles. The molecule has 1 aliphatic carbocycles. The third-order valence-corrected chi connectivity index (χ3v) is 4.22. The summed E-state index contributed by atoms with van der Waals surface area (Å²) in [5, 5.41) is 0.812. The summed E-state index contributed by atoms with van der Waals surface area (Å²) in [5.41, 5.74) is -0.175. The fraction of sp³-hybridized carbons (Fsp3) is 1.00. The van der Waals surface area contributed by atoms with E-state index in [1.807, 2.05) is 6.92 Å². The van der Waals surface area contributed by atoms with Crippen LogP contribution in [-0.4, -0.2) is 23.4 Å². The van der Waals surface area contributed by atoms with Crippen LogP contribution in [0.15, 0.2) is 0 Å². The first-order valence-corrected chi connectivity index (χ1v) is 6.62. The highest BCUT2D eigenvalue weighted by atomic mass is 79.9. The lowest BCUT2D eigenvalue weighted by Crippen LogP contribution is -2.33. The van der Waals surface area contributed by atoms with Crippen molar-refractivity contribution in [2.45, 2.75) is 38.2 Å². The normalized spacial score (nSPS) is 21.5. The van der Waals surface area contributed by atoms with Crippen LogP contribution < -0.4 is 0 Å². The summed E-state index contributed by atoms with van der Waals surface area (Å²) in [6.45, 7) is 2.90. The van der Waals surface area contributed by atoms with E-state index in [0.29, 0.717) is 5.88 Å². The monoisotopic (exact) mass is 268 g/mol. The van der Waals surface area contributed by atoms with Crippen molar-refractivity contribution in [2.24, 2.45) is 5.92 Å². The average Bonchev–Trinajstić information content (AvgIpc) is 2.96. The Morgan fingerprint density at radius 2 is 2.23 bits per heavy atom. The Morgan fingerprint density at radius 1 is 1.54 bits per heavy atom. The van der Waals surface area contributed by atoms with Crippen molar-refractivity contribution in [2.75, 3.05) is 17.8 Å². The molecular weight excluding hydrogens is 251 g/mol. The third-order valence-electron chi connectivity index (χ3n) is 2.47. The number of rotatable bonds is 7. The van der Waals surface area contributed by atoms with E-state index < -0.39 is 0 Å². The second-order valence-electron chi connectivity index (χ2n) is 4.15. The van der Waals surface area contributed by atoms with E-state index in [-0.39, 0.29) is 5.60 Å². The molecule has 0 heterocycles. The molecule has 0 amide bonds. The molecule has 0 bridgehead atoms. The van der Waals surface area contributed by atoms with E-state index in [4.69, 9.17) is 16.3 Å². The molecule has 1 unspecified atom stereocenters. The van der Waals surface area contributed by atoms with Crippen molar-refractivity contribution in [3.8, 4) is 0 Å². The minimum absolute atomic E-state index is 0.175. The predicted octanol–water partition coefficient (Wildman–Crippen LogP) is 3.59. The highest BCUT2D eigenvalue weighted by Crippen LogP contribution is 2.33. The minimum Gasteiger partial charge on any atom is -0.373 e. The van der Waals surface area contributed by atoms with Crippen molar-refractivity contribution in [1.29, 1.82) is 0 Å². The van der Waals surface area contributed by atoms with Crippen LogP contribution >= 0.6 is 27.5 Å². The first-order chi connectivity index (χ1) is 6.20. The molecule has 1 atom stereocenters. The van der Waals surface area contributed by atoms with Gasteiger partial charge in [-0.3, -0.25) is 0 Å². The molecule has 0 radical (unpaired) electrons. The summed E-state index contributed by atoms with van der Waals surface area (Å²) in [6, 6.07) is 0. The fourth-order valence-electron chi connectivity index (χ4n) is 1.21. The molecule has 0 aromatic heterocycles. The predicted molar refractivity (Wildman–Crippen MR) is 60.8 cm³/mol. The van der Waals surface area contributed by atoms with Gasteiger partial charge in [-0.25, -0.2) is 0 Å². The Kier molecular flexibility index (Phi) is 5.06. The summed E-state index contributed by atoms with van der Waals surface area (Å²) < 4.78 is 5.73. The van der Waals surface area contributed by atoms with E-state index in [2.05, 4.69) is 15.9 Å². The van der Waals surface area contributed by atoms with Crippen LogP contribution in [0.1, 0.15) is 32.6 Å². The molecule has 0 saturated heterocycles. The van der Waals surface area contributed by atoms with E-state index in [1.54, 1.807) is 0 Å². The molecule has 3 heteroatoms. The molecule has 0 aromatic rings. The Bertz CT molecular complexity index is 144. The lowest BCUT2D eigenvalue weighted by Gasteiger charge is -2.25. The van der Waals surface area contributed by atoms with Crippen LogP contribution in [0.3, 0.4) is 0 Å². The Morgan fingerprint density at radius 3 is 2.69 bits per heavy atom. The van der Waals surface area contributed by atoms with Gasteiger partial charge in [-0.2, -0.15) is 0 Å². The molecule has 1 aliphatic rings. The van der Waals surface area contributed by atoms with Gasteiger partial charge in [0.1, 0.15) is 0 Å². The van der Waals surface area contributed by atoms with Gasteiger partial charge in [0, 0.05) is 11.9 Å². The van der Waals surface area contributed by atoms with Gasteiger partial charge >= 0.3 is 0 Å². The van der Waals surface area contributed by atoms with Crippen molar-refractivity contribution in [1.82, 2.24) is 0 Å². The fourth-order valence-corrected chi connectivity index (χ4v) is 1.97. The van der Waals surface area contributed by atoms with Crippen LogP contribution in [-0.2, 0) is 4.74 Å².